The fourth-order valence-corrected chi connectivity index (χ4v) is 4.95. The van der Waals surface area contributed by atoms with Gasteiger partial charge < -0.3 is 30.1 Å². The van der Waals surface area contributed by atoms with Crippen molar-refractivity contribution >= 4 is 45.2 Å². The molecule has 0 saturated carbocycles. The first kappa shape index (κ1) is 27.0. The Balaban J connectivity index is 1.45. The fourth-order valence-electron chi connectivity index (χ4n) is 4.57. The van der Waals surface area contributed by atoms with Crippen LogP contribution in [0.25, 0.3) is 0 Å². The second-order valence-corrected chi connectivity index (χ2v) is 9.63. The van der Waals surface area contributed by atoms with Crippen LogP contribution in [0.4, 0.5) is 16.2 Å². The molecule has 0 spiro atoms. The molecule has 198 valence electrons. The molecule has 0 aliphatic carbocycles. The smallest absolute Gasteiger partial charge is 0.339 e. The molecular formula is C28H28BrN3O6. The molecule has 10 heteroatoms. The summed E-state index contributed by atoms with van der Waals surface area (Å²) in [6.07, 6.45) is 1.78. The first-order valence-corrected chi connectivity index (χ1v) is 12.8. The van der Waals surface area contributed by atoms with Crippen molar-refractivity contribution in [2.75, 3.05) is 31.4 Å². The first-order valence-electron chi connectivity index (χ1n) is 12.0. The van der Waals surface area contributed by atoms with E-state index in [4.69, 9.17) is 9.47 Å². The van der Waals surface area contributed by atoms with Crippen LogP contribution in [0.1, 0.15) is 40.4 Å². The highest BCUT2D eigenvalue weighted by Gasteiger charge is 2.31. The number of carbonyl (C=O) groups is 3. The second-order valence-electron chi connectivity index (χ2n) is 8.78. The van der Waals surface area contributed by atoms with E-state index < -0.39 is 12.0 Å². The third-order valence-electron chi connectivity index (χ3n) is 6.41. The lowest BCUT2D eigenvalue weighted by Gasteiger charge is -2.26. The summed E-state index contributed by atoms with van der Waals surface area (Å²) < 4.78 is 11.5. The van der Waals surface area contributed by atoms with E-state index in [9.17, 15) is 19.5 Å². The summed E-state index contributed by atoms with van der Waals surface area (Å²) in [4.78, 5) is 39.1. The van der Waals surface area contributed by atoms with Crippen LogP contribution >= 0.6 is 15.9 Å². The Kier molecular flexibility index (Phi) is 8.52. The van der Waals surface area contributed by atoms with E-state index in [1.54, 1.807) is 36.4 Å². The summed E-state index contributed by atoms with van der Waals surface area (Å²) in [5.41, 5.74) is 2.76. The number of carboxylic acids is 1. The maximum Gasteiger partial charge on any atom is 0.339 e. The monoisotopic (exact) mass is 581 g/mol. The first-order chi connectivity index (χ1) is 18.3. The van der Waals surface area contributed by atoms with Gasteiger partial charge in [-0.1, -0.05) is 24.3 Å². The Labute approximate surface area is 228 Å². The van der Waals surface area contributed by atoms with Gasteiger partial charge in [-0.3, -0.25) is 4.79 Å². The standard InChI is InChI=1S/C28H28BrN3O6/c1-37-24-16-18(10-11-19(24)27(34)35)23-8-5-13-32(23)26(33)15-17-9-12-22(25(14-17)38-2)31-28(36)30-21-7-4-3-6-20(21)29/h3-4,6-7,9-12,14,16,23H,5,8,13,15H2,1-2H3,(H,34,35)(H2,30,31,36)/t23-/m0/s1. The molecule has 1 fully saturated rings. The maximum atomic E-state index is 13.3. The molecule has 3 aromatic rings. The number of carboxylic acid groups (broad SMARTS) is 1. The molecule has 3 N–H and O–H groups in total. The van der Waals surface area contributed by atoms with Gasteiger partial charge in [-0.05, 0) is 76.3 Å². The molecule has 1 aliphatic heterocycles. The molecule has 4 rings (SSSR count). The van der Waals surface area contributed by atoms with Crippen molar-refractivity contribution in [3.8, 4) is 11.5 Å². The van der Waals surface area contributed by atoms with Crippen LogP contribution in [-0.2, 0) is 11.2 Å². The predicted octanol–water partition coefficient (Wildman–Crippen LogP) is 5.71. The molecule has 0 aromatic heterocycles. The number of nitrogens with one attached hydrogen (secondary N) is 2. The lowest BCUT2D eigenvalue weighted by atomic mass is 10.0. The summed E-state index contributed by atoms with van der Waals surface area (Å²) >= 11 is 3.40. The number of ether oxygens (including phenoxy) is 2. The van der Waals surface area contributed by atoms with E-state index >= 15 is 0 Å². The Morgan fingerprint density at radius 1 is 0.974 bits per heavy atom. The summed E-state index contributed by atoms with van der Waals surface area (Å²) in [6.45, 7) is 0.610. The molecule has 0 radical (unpaired) electrons. The van der Waals surface area contributed by atoms with Crippen molar-refractivity contribution < 1.29 is 29.0 Å². The molecular weight excluding hydrogens is 554 g/mol. The minimum absolute atomic E-state index is 0.0526. The Morgan fingerprint density at radius 3 is 2.42 bits per heavy atom. The zero-order valence-electron chi connectivity index (χ0n) is 21.0. The Morgan fingerprint density at radius 2 is 1.71 bits per heavy atom. The topological polar surface area (TPSA) is 117 Å². The van der Waals surface area contributed by atoms with E-state index in [0.29, 0.717) is 23.7 Å². The van der Waals surface area contributed by atoms with E-state index in [0.717, 1.165) is 28.4 Å². The van der Waals surface area contributed by atoms with Gasteiger partial charge in [0.1, 0.15) is 17.1 Å². The van der Waals surface area contributed by atoms with Crippen LogP contribution < -0.4 is 20.1 Å². The zero-order chi connectivity index (χ0) is 27.2. The van der Waals surface area contributed by atoms with Gasteiger partial charge in [0.15, 0.2) is 0 Å². The summed E-state index contributed by atoms with van der Waals surface area (Å²) in [7, 11) is 2.93. The lowest BCUT2D eigenvalue weighted by Crippen LogP contribution is -2.32. The van der Waals surface area contributed by atoms with Gasteiger partial charge in [0, 0.05) is 11.0 Å². The van der Waals surface area contributed by atoms with Crippen molar-refractivity contribution in [1.82, 2.24) is 4.90 Å². The van der Waals surface area contributed by atoms with Gasteiger partial charge in [0.25, 0.3) is 0 Å². The van der Waals surface area contributed by atoms with Crippen molar-refractivity contribution in [2.24, 2.45) is 0 Å². The normalized spacial score (nSPS) is 14.6. The Bertz CT molecular complexity index is 1360. The number of para-hydroxylation sites is 1. The van der Waals surface area contributed by atoms with E-state index in [-0.39, 0.29) is 29.7 Å². The van der Waals surface area contributed by atoms with Gasteiger partial charge in [-0.25, -0.2) is 9.59 Å². The molecule has 1 atom stereocenters. The van der Waals surface area contributed by atoms with E-state index in [2.05, 4.69) is 26.6 Å². The zero-order valence-corrected chi connectivity index (χ0v) is 22.6. The third kappa shape index (κ3) is 6.08. The molecule has 0 unspecified atom stereocenters. The number of methoxy groups -OCH3 is 2. The van der Waals surface area contributed by atoms with Crippen molar-refractivity contribution in [3.63, 3.8) is 0 Å². The highest BCUT2D eigenvalue weighted by atomic mass is 79.9. The third-order valence-corrected chi connectivity index (χ3v) is 7.10. The number of amides is 3. The van der Waals surface area contributed by atoms with Crippen LogP contribution in [0, 0.1) is 0 Å². The van der Waals surface area contributed by atoms with Crippen molar-refractivity contribution in [2.45, 2.75) is 25.3 Å². The van der Waals surface area contributed by atoms with Gasteiger partial charge in [-0.15, -0.1) is 0 Å². The molecule has 1 aliphatic rings. The SMILES string of the molecule is COc1cc(CC(=O)N2CCC[C@H]2c2ccc(C(=O)O)c(OC)c2)ccc1NC(=O)Nc1ccccc1Br. The molecule has 3 aromatic carbocycles. The van der Waals surface area contributed by atoms with Gasteiger partial charge in [0.05, 0.1) is 38.1 Å². The number of anilines is 2. The largest absolute Gasteiger partial charge is 0.496 e. The highest BCUT2D eigenvalue weighted by Crippen LogP contribution is 2.35. The van der Waals surface area contributed by atoms with Crippen LogP contribution in [0.3, 0.4) is 0 Å². The quantitative estimate of drug-likeness (QED) is 0.313. The number of halogens is 1. The summed E-state index contributed by atoms with van der Waals surface area (Å²) in [5, 5.41) is 14.9. The number of nitrogens with zero attached hydrogens (tertiary/aromatic N) is 1. The van der Waals surface area contributed by atoms with E-state index in [1.165, 1.54) is 20.3 Å². The second kappa shape index (κ2) is 12.0. The van der Waals surface area contributed by atoms with Crippen molar-refractivity contribution in [3.05, 3.63) is 81.8 Å². The number of rotatable bonds is 8. The molecule has 38 heavy (non-hydrogen) atoms. The number of likely N-dealkylation sites (tertiary alicyclic amines) is 1. The number of hydrogen-bond donors (Lipinski definition) is 3. The molecule has 1 saturated heterocycles. The fraction of sp³-hybridized carbons (Fsp3) is 0.250. The molecule has 3 amide bonds. The number of urea groups is 1. The van der Waals surface area contributed by atoms with Crippen LogP contribution in [0.2, 0.25) is 0 Å². The summed E-state index contributed by atoms with van der Waals surface area (Å²) in [6, 6.07) is 16.9. The minimum Gasteiger partial charge on any atom is -0.496 e. The maximum absolute atomic E-state index is 13.3. The average Bonchev–Trinajstić information content (AvgIpc) is 3.40. The number of aromatic carboxylic acids is 1. The van der Waals surface area contributed by atoms with Crippen LogP contribution in [0.5, 0.6) is 11.5 Å². The number of carbonyl (C=O) groups excluding carboxylic acids is 2. The van der Waals surface area contributed by atoms with Gasteiger partial charge in [0.2, 0.25) is 5.91 Å². The predicted molar refractivity (Wildman–Crippen MR) is 147 cm³/mol. The van der Waals surface area contributed by atoms with Gasteiger partial charge >= 0.3 is 12.0 Å². The summed E-state index contributed by atoms with van der Waals surface area (Å²) in [5.74, 6) is -0.413. The van der Waals surface area contributed by atoms with E-state index in [1.807, 2.05) is 23.1 Å². The Hall–Kier alpha value is -4.05. The van der Waals surface area contributed by atoms with Crippen LogP contribution in [-0.4, -0.2) is 48.7 Å². The number of hydrogen-bond acceptors (Lipinski definition) is 5. The van der Waals surface area contributed by atoms with Gasteiger partial charge in [-0.2, -0.15) is 0 Å². The molecule has 1 heterocycles. The molecule has 0 bridgehead atoms. The number of benzene rings is 3. The minimum atomic E-state index is -1.06. The lowest BCUT2D eigenvalue weighted by molar-refractivity contribution is -0.131. The molecule has 9 nitrogen and oxygen atoms in total. The van der Waals surface area contributed by atoms with Crippen LogP contribution in [0.15, 0.2) is 65.1 Å². The van der Waals surface area contributed by atoms with Crippen molar-refractivity contribution in [1.29, 1.82) is 0 Å². The average molecular weight is 582 g/mol. The highest BCUT2D eigenvalue weighted by molar-refractivity contribution is 9.10.